The fourth-order valence-electron chi connectivity index (χ4n) is 3.80. The summed E-state index contributed by atoms with van der Waals surface area (Å²) in [6.07, 6.45) is 1.03. The molecule has 6 nitrogen and oxygen atoms in total. The summed E-state index contributed by atoms with van der Waals surface area (Å²) in [5, 5.41) is 0. The number of hydrogen-bond acceptors (Lipinski definition) is 6. The molecule has 0 atom stereocenters. The molecule has 1 saturated heterocycles. The lowest BCUT2D eigenvalue weighted by Gasteiger charge is -2.26. The molecule has 170 valence electrons. The Morgan fingerprint density at radius 2 is 1.81 bits per heavy atom. The predicted molar refractivity (Wildman–Crippen MR) is 123 cm³/mol. The number of ether oxygens (including phenoxy) is 4. The molecule has 1 heterocycles. The molecule has 1 fully saturated rings. The summed E-state index contributed by atoms with van der Waals surface area (Å²) in [7, 11) is 3.37. The van der Waals surface area contributed by atoms with Gasteiger partial charge in [-0.15, -0.1) is 0 Å². The van der Waals surface area contributed by atoms with Gasteiger partial charge >= 0.3 is 0 Å². The van der Waals surface area contributed by atoms with Gasteiger partial charge in [0, 0.05) is 44.4 Å². The fraction of sp³-hybridized carbons (Fsp3) is 0.520. The molecule has 3 rings (SSSR count). The maximum absolute atomic E-state index is 6.02. The molecule has 0 unspecified atom stereocenters. The minimum absolute atomic E-state index is 0.737. The molecule has 6 heteroatoms. The van der Waals surface area contributed by atoms with E-state index in [9.17, 15) is 0 Å². The Bertz CT molecular complexity index is 793. The van der Waals surface area contributed by atoms with Crippen molar-refractivity contribution >= 4 is 0 Å². The third kappa shape index (κ3) is 7.42. The molecule has 2 aromatic carbocycles. The number of methoxy groups -OCH3 is 2. The predicted octanol–water partition coefficient (Wildman–Crippen LogP) is 3.83. The lowest BCUT2D eigenvalue weighted by atomic mass is 10.1. The second-order valence-electron chi connectivity index (χ2n) is 7.78. The van der Waals surface area contributed by atoms with Crippen LogP contribution in [-0.4, -0.2) is 70.0 Å². The lowest BCUT2D eigenvalue weighted by molar-refractivity contribution is 0.0358. The van der Waals surface area contributed by atoms with Gasteiger partial charge in [0.1, 0.15) is 17.2 Å². The van der Waals surface area contributed by atoms with Crippen LogP contribution in [0.2, 0.25) is 0 Å². The van der Waals surface area contributed by atoms with E-state index in [0.717, 1.165) is 88.3 Å². The van der Waals surface area contributed by atoms with Crippen LogP contribution in [0.4, 0.5) is 0 Å². The highest BCUT2D eigenvalue weighted by Crippen LogP contribution is 2.26. The van der Waals surface area contributed by atoms with E-state index in [2.05, 4.69) is 41.0 Å². The van der Waals surface area contributed by atoms with Gasteiger partial charge in [0.2, 0.25) is 0 Å². The molecule has 1 aliphatic heterocycles. The molecule has 0 N–H and O–H groups in total. The van der Waals surface area contributed by atoms with Crippen LogP contribution in [0.1, 0.15) is 24.5 Å². The molecule has 2 aromatic rings. The van der Waals surface area contributed by atoms with Crippen LogP contribution in [0.25, 0.3) is 0 Å². The summed E-state index contributed by atoms with van der Waals surface area (Å²) in [6.45, 7) is 10.4. The van der Waals surface area contributed by atoms with Crippen molar-refractivity contribution in [2.24, 2.45) is 0 Å². The maximum atomic E-state index is 6.02. The smallest absolute Gasteiger partial charge is 0.127 e. The van der Waals surface area contributed by atoms with Crippen LogP contribution in [0.3, 0.4) is 0 Å². The van der Waals surface area contributed by atoms with Crippen LogP contribution in [0.15, 0.2) is 42.5 Å². The van der Waals surface area contributed by atoms with E-state index < -0.39 is 0 Å². The van der Waals surface area contributed by atoms with Gasteiger partial charge in [-0.1, -0.05) is 25.1 Å². The van der Waals surface area contributed by atoms with Crippen molar-refractivity contribution in [3.63, 3.8) is 0 Å². The van der Waals surface area contributed by atoms with Gasteiger partial charge in [-0.2, -0.15) is 0 Å². The summed E-state index contributed by atoms with van der Waals surface area (Å²) in [4.78, 5) is 4.83. The Hall–Kier alpha value is -2.28. The summed E-state index contributed by atoms with van der Waals surface area (Å²) < 4.78 is 22.3. The fourth-order valence-corrected chi connectivity index (χ4v) is 3.80. The maximum Gasteiger partial charge on any atom is 0.127 e. The zero-order valence-electron chi connectivity index (χ0n) is 19.1. The highest BCUT2D eigenvalue weighted by atomic mass is 16.5. The van der Waals surface area contributed by atoms with Crippen molar-refractivity contribution in [3.05, 3.63) is 53.6 Å². The van der Waals surface area contributed by atoms with Crippen LogP contribution >= 0.6 is 0 Å². The first-order valence-corrected chi connectivity index (χ1v) is 11.2. The molecule has 0 aliphatic carbocycles. The van der Waals surface area contributed by atoms with Gasteiger partial charge in [-0.3, -0.25) is 9.80 Å². The average Bonchev–Trinajstić information content (AvgIpc) is 2.82. The minimum atomic E-state index is 0.737. The van der Waals surface area contributed by atoms with E-state index in [1.807, 2.05) is 18.2 Å². The number of nitrogens with zero attached hydrogens (tertiary/aromatic N) is 2. The molecule has 0 amide bonds. The van der Waals surface area contributed by atoms with E-state index in [0.29, 0.717) is 0 Å². The van der Waals surface area contributed by atoms with Crippen molar-refractivity contribution in [2.75, 3.05) is 60.2 Å². The highest BCUT2D eigenvalue weighted by molar-refractivity contribution is 5.40. The van der Waals surface area contributed by atoms with Gasteiger partial charge in [0.05, 0.1) is 34.0 Å². The van der Waals surface area contributed by atoms with Gasteiger partial charge < -0.3 is 18.9 Å². The van der Waals surface area contributed by atoms with Crippen LogP contribution < -0.4 is 14.2 Å². The number of rotatable bonds is 12. The van der Waals surface area contributed by atoms with E-state index in [4.69, 9.17) is 18.9 Å². The Morgan fingerprint density at radius 1 is 0.968 bits per heavy atom. The van der Waals surface area contributed by atoms with Gasteiger partial charge in [-0.25, -0.2) is 0 Å². The first-order valence-electron chi connectivity index (χ1n) is 11.2. The average molecular weight is 429 g/mol. The molecular formula is C25H36N2O4. The molecular weight excluding hydrogens is 392 g/mol. The monoisotopic (exact) mass is 428 g/mol. The zero-order chi connectivity index (χ0) is 21.9. The van der Waals surface area contributed by atoms with Gasteiger partial charge in [-0.05, 0) is 36.7 Å². The Morgan fingerprint density at radius 3 is 2.55 bits per heavy atom. The van der Waals surface area contributed by atoms with E-state index in [-0.39, 0.29) is 0 Å². The van der Waals surface area contributed by atoms with E-state index in [1.54, 1.807) is 14.2 Å². The molecule has 31 heavy (non-hydrogen) atoms. The molecule has 0 aromatic heterocycles. The summed E-state index contributed by atoms with van der Waals surface area (Å²) in [5.74, 6) is 2.61. The molecule has 0 radical (unpaired) electrons. The van der Waals surface area contributed by atoms with Crippen molar-refractivity contribution in [3.8, 4) is 17.2 Å². The minimum Gasteiger partial charge on any atom is -0.497 e. The topological polar surface area (TPSA) is 43.4 Å². The first kappa shape index (κ1) is 23.4. The third-order valence-electron chi connectivity index (χ3n) is 5.63. The zero-order valence-corrected chi connectivity index (χ0v) is 19.1. The standard InChI is InChI=1S/C25H36N2O4/c1-4-26(20-22-9-10-23(28-2)18-25(22)29-3)19-21-7-5-8-24(17-21)31-14-6-11-27-12-15-30-16-13-27/h5,7-10,17-18H,4,6,11-16,19-20H2,1-3H3. The molecule has 0 saturated carbocycles. The normalized spacial score (nSPS) is 14.6. The van der Waals surface area contributed by atoms with Crippen LogP contribution in [-0.2, 0) is 17.8 Å². The van der Waals surface area contributed by atoms with Crippen molar-refractivity contribution in [1.29, 1.82) is 0 Å². The number of morpholine rings is 1. The molecule has 0 spiro atoms. The second-order valence-corrected chi connectivity index (χ2v) is 7.78. The van der Waals surface area contributed by atoms with Crippen molar-refractivity contribution < 1.29 is 18.9 Å². The Labute approximate surface area is 186 Å². The van der Waals surface area contributed by atoms with Crippen LogP contribution in [0.5, 0.6) is 17.2 Å². The molecule has 1 aliphatic rings. The quantitative estimate of drug-likeness (QED) is 0.479. The third-order valence-corrected chi connectivity index (χ3v) is 5.63. The summed E-state index contributed by atoms with van der Waals surface area (Å²) >= 11 is 0. The summed E-state index contributed by atoms with van der Waals surface area (Å²) in [6, 6.07) is 14.4. The van der Waals surface area contributed by atoms with Crippen molar-refractivity contribution in [2.45, 2.75) is 26.4 Å². The number of benzene rings is 2. The van der Waals surface area contributed by atoms with E-state index >= 15 is 0 Å². The SMILES string of the molecule is CCN(Cc1cccc(OCCCN2CCOCC2)c1)Cc1ccc(OC)cc1OC. The molecule has 0 bridgehead atoms. The van der Waals surface area contributed by atoms with E-state index in [1.165, 1.54) is 5.56 Å². The lowest BCUT2D eigenvalue weighted by Crippen LogP contribution is -2.37. The number of hydrogen-bond donors (Lipinski definition) is 0. The Balaban J connectivity index is 1.51. The van der Waals surface area contributed by atoms with Crippen LogP contribution in [0, 0.1) is 0 Å². The second kappa shape index (κ2) is 12.5. The Kier molecular flexibility index (Phi) is 9.46. The van der Waals surface area contributed by atoms with Gasteiger partial charge in [0.15, 0.2) is 0 Å². The largest absolute Gasteiger partial charge is 0.497 e. The first-order chi connectivity index (χ1) is 15.2. The van der Waals surface area contributed by atoms with Crippen molar-refractivity contribution in [1.82, 2.24) is 9.80 Å². The van der Waals surface area contributed by atoms with Gasteiger partial charge in [0.25, 0.3) is 0 Å². The highest BCUT2D eigenvalue weighted by Gasteiger charge is 2.12. The summed E-state index contributed by atoms with van der Waals surface area (Å²) in [5.41, 5.74) is 2.40.